The molecule has 3 N–H and O–H groups in total. The maximum absolute atomic E-state index is 12.1. The second kappa shape index (κ2) is 7.89. The summed E-state index contributed by atoms with van der Waals surface area (Å²) in [5, 5.41) is 0. The van der Waals surface area contributed by atoms with E-state index in [0.29, 0.717) is 11.4 Å². The fourth-order valence-electron chi connectivity index (χ4n) is 1.76. The summed E-state index contributed by atoms with van der Waals surface area (Å²) < 4.78 is 26.9. The number of rotatable bonds is 8. The first kappa shape index (κ1) is 16.5. The zero-order chi connectivity index (χ0) is 14.3. The first-order valence-corrected chi connectivity index (χ1v) is 9.17. The van der Waals surface area contributed by atoms with Gasteiger partial charge in [0.05, 0.1) is 4.90 Å². The summed E-state index contributed by atoms with van der Waals surface area (Å²) >= 11 is 1.62. The number of thioether (sulfide) groups is 1. The highest BCUT2D eigenvalue weighted by molar-refractivity contribution is 7.98. The minimum atomic E-state index is -3.41. The van der Waals surface area contributed by atoms with Crippen LogP contribution >= 0.6 is 11.8 Å². The summed E-state index contributed by atoms with van der Waals surface area (Å²) in [6.45, 7) is 2.51. The van der Waals surface area contributed by atoms with E-state index in [4.69, 9.17) is 5.73 Å². The molecule has 0 spiro atoms. The lowest BCUT2D eigenvalue weighted by molar-refractivity contribution is 0.571. The van der Waals surface area contributed by atoms with Crippen molar-refractivity contribution in [1.82, 2.24) is 4.72 Å². The number of hydrogen-bond donors (Lipinski definition) is 2. The fraction of sp³-hybridized carbons (Fsp3) is 0.538. The maximum Gasteiger partial charge on any atom is 0.240 e. The zero-order valence-electron chi connectivity index (χ0n) is 11.4. The Labute approximate surface area is 120 Å². The highest BCUT2D eigenvalue weighted by atomic mass is 32.2. The fourth-order valence-corrected chi connectivity index (χ4v) is 3.69. The van der Waals surface area contributed by atoms with E-state index in [9.17, 15) is 8.42 Å². The number of nitrogens with two attached hydrogens (primary N) is 1. The molecule has 1 unspecified atom stereocenters. The van der Waals surface area contributed by atoms with Crippen LogP contribution < -0.4 is 10.5 Å². The van der Waals surface area contributed by atoms with Crippen LogP contribution in [0, 0.1) is 0 Å². The number of nitrogens with one attached hydrogen (secondary N) is 1. The van der Waals surface area contributed by atoms with E-state index in [0.717, 1.165) is 24.2 Å². The van der Waals surface area contributed by atoms with Crippen molar-refractivity contribution in [3.05, 3.63) is 29.8 Å². The monoisotopic (exact) mass is 302 g/mol. The third-order valence-electron chi connectivity index (χ3n) is 2.68. The molecule has 0 amide bonds. The molecule has 0 saturated heterocycles. The van der Waals surface area contributed by atoms with Gasteiger partial charge in [-0.05, 0) is 50.3 Å². The Kier molecular flexibility index (Phi) is 6.85. The summed E-state index contributed by atoms with van der Waals surface area (Å²) in [4.78, 5) is 0.317. The highest BCUT2D eigenvalue weighted by Gasteiger charge is 2.16. The first-order valence-electron chi connectivity index (χ1n) is 6.30. The lowest BCUT2D eigenvalue weighted by atomic mass is 10.1. The normalized spacial score (nSPS) is 13.4. The Morgan fingerprint density at radius 1 is 1.32 bits per heavy atom. The van der Waals surface area contributed by atoms with Crippen LogP contribution in [0.1, 0.15) is 18.9 Å². The van der Waals surface area contributed by atoms with E-state index >= 15 is 0 Å². The molecule has 1 atom stereocenters. The van der Waals surface area contributed by atoms with Crippen molar-refractivity contribution >= 4 is 21.8 Å². The Bertz CT molecular complexity index is 472. The molecule has 0 aromatic heterocycles. The molecule has 6 heteroatoms. The Hall–Kier alpha value is -0.560. The Morgan fingerprint density at radius 3 is 2.47 bits per heavy atom. The second-order valence-corrected chi connectivity index (χ2v) is 7.14. The van der Waals surface area contributed by atoms with Gasteiger partial charge in [-0.1, -0.05) is 12.1 Å². The van der Waals surface area contributed by atoms with Crippen molar-refractivity contribution in [2.45, 2.75) is 30.7 Å². The van der Waals surface area contributed by atoms with Crippen molar-refractivity contribution in [2.75, 3.05) is 18.6 Å². The lowest BCUT2D eigenvalue weighted by Gasteiger charge is -2.13. The molecule has 0 saturated carbocycles. The second-order valence-electron chi connectivity index (χ2n) is 4.51. The summed E-state index contributed by atoms with van der Waals surface area (Å²) in [7, 11) is -3.41. The van der Waals surface area contributed by atoms with Gasteiger partial charge in [0.1, 0.15) is 0 Å². The van der Waals surface area contributed by atoms with Crippen molar-refractivity contribution in [1.29, 1.82) is 0 Å². The van der Waals surface area contributed by atoms with Crippen LogP contribution in [0.5, 0.6) is 0 Å². The molecule has 4 nitrogen and oxygen atoms in total. The first-order chi connectivity index (χ1) is 8.99. The van der Waals surface area contributed by atoms with Crippen molar-refractivity contribution in [3.8, 4) is 0 Å². The summed E-state index contributed by atoms with van der Waals surface area (Å²) in [5.41, 5.74) is 6.56. The van der Waals surface area contributed by atoms with Gasteiger partial charge in [-0.25, -0.2) is 13.1 Å². The molecule has 0 bridgehead atoms. The average Bonchev–Trinajstić information content (AvgIpc) is 2.36. The number of sulfonamides is 1. The third-order valence-corrected chi connectivity index (χ3v) is 5.12. The van der Waals surface area contributed by atoms with Crippen LogP contribution in [0.2, 0.25) is 0 Å². The number of hydrogen-bond acceptors (Lipinski definition) is 4. The highest BCUT2D eigenvalue weighted by Crippen LogP contribution is 2.12. The predicted molar refractivity (Wildman–Crippen MR) is 82.0 cm³/mol. The van der Waals surface area contributed by atoms with Crippen LogP contribution in [0.25, 0.3) is 0 Å². The summed E-state index contributed by atoms with van der Waals surface area (Å²) in [6, 6.07) is 6.93. The van der Waals surface area contributed by atoms with Gasteiger partial charge in [-0.15, -0.1) is 0 Å². The van der Waals surface area contributed by atoms with E-state index in [1.54, 1.807) is 23.9 Å². The van der Waals surface area contributed by atoms with Crippen molar-refractivity contribution in [3.63, 3.8) is 0 Å². The molecule has 0 heterocycles. The van der Waals surface area contributed by atoms with Crippen molar-refractivity contribution < 1.29 is 8.42 Å². The van der Waals surface area contributed by atoms with Crippen LogP contribution in [-0.4, -0.2) is 33.0 Å². The predicted octanol–water partition coefficient (Wildman–Crippen LogP) is 1.61. The van der Waals surface area contributed by atoms with Gasteiger partial charge in [0, 0.05) is 11.8 Å². The van der Waals surface area contributed by atoms with E-state index in [2.05, 4.69) is 4.72 Å². The standard InChI is InChI=1S/C13H22N2O2S2/c1-11(10-18-2)15-19(16,17)13-7-5-12(6-8-13)4-3-9-14/h5-8,11,15H,3-4,9-10,14H2,1-2H3. The van der Waals surface area contributed by atoms with Gasteiger partial charge >= 0.3 is 0 Å². The molecule has 0 radical (unpaired) electrons. The van der Waals surface area contributed by atoms with Crippen LogP contribution in [-0.2, 0) is 16.4 Å². The molecule has 1 aromatic rings. The molecular weight excluding hydrogens is 280 g/mol. The van der Waals surface area contributed by atoms with E-state index < -0.39 is 10.0 Å². The minimum absolute atomic E-state index is 0.0723. The number of aryl methyl sites for hydroxylation is 1. The zero-order valence-corrected chi connectivity index (χ0v) is 13.1. The average molecular weight is 302 g/mol. The molecule has 1 aromatic carbocycles. The molecule has 1 rings (SSSR count). The van der Waals surface area contributed by atoms with E-state index in [-0.39, 0.29) is 6.04 Å². The maximum atomic E-state index is 12.1. The Balaban J connectivity index is 2.73. The van der Waals surface area contributed by atoms with Gasteiger partial charge in [0.2, 0.25) is 10.0 Å². The lowest BCUT2D eigenvalue weighted by Crippen LogP contribution is -2.34. The van der Waals surface area contributed by atoms with Crippen LogP contribution in [0.3, 0.4) is 0 Å². The van der Waals surface area contributed by atoms with Gasteiger partial charge in [0.25, 0.3) is 0 Å². The molecular formula is C13H22N2O2S2. The van der Waals surface area contributed by atoms with Crippen molar-refractivity contribution in [2.24, 2.45) is 5.73 Å². The minimum Gasteiger partial charge on any atom is -0.330 e. The topological polar surface area (TPSA) is 72.2 Å². The van der Waals surface area contributed by atoms with Gasteiger partial charge in [-0.3, -0.25) is 0 Å². The summed E-state index contributed by atoms with van der Waals surface area (Å²) in [5.74, 6) is 0.758. The molecule has 19 heavy (non-hydrogen) atoms. The smallest absolute Gasteiger partial charge is 0.240 e. The van der Waals surface area contributed by atoms with Gasteiger partial charge in [0.15, 0.2) is 0 Å². The molecule has 0 aliphatic heterocycles. The molecule has 0 aliphatic carbocycles. The van der Waals surface area contributed by atoms with Crippen LogP contribution in [0.15, 0.2) is 29.2 Å². The van der Waals surface area contributed by atoms with Gasteiger partial charge < -0.3 is 5.73 Å². The van der Waals surface area contributed by atoms with Crippen LogP contribution in [0.4, 0.5) is 0 Å². The molecule has 108 valence electrons. The van der Waals surface area contributed by atoms with Gasteiger partial charge in [-0.2, -0.15) is 11.8 Å². The quantitative estimate of drug-likeness (QED) is 0.765. The van der Waals surface area contributed by atoms with E-state index in [1.807, 2.05) is 25.3 Å². The largest absolute Gasteiger partial charge is 0.330 e. The SMILES string of the molecule is CSCC(C)NS(=O)(=O)c1ccc(CCCN)cc1. The number of benzene rings is 1. The van der Waals surface area contributed by atoms with E-state index in [1.165, 1.54) is 0 Å². The summed E-state index contributed by atoms with van der Waals surface area (Å²) in [6.07, 6.45) is 3.75. The Morgan fingerprint density at radius 2 is 1.95 bits per heavy atom. The molecule has 0 aliphatic rings. The molecule has 0 fully saturated rings. The third kappa shape index (κ3) is 5.52.